The van der Waals surface area contributed by atoms with Crippen LogP contribution in [0.5, 0.6) is 0 Å². The Labute approximate surface area is 137 Å². The molecule has 23 heavy (non-hydrogen) atoms. The van der Waals surface area contributed by atoms with Gasteiger partial charge in [-0.3, -0.25) is 4.99 Å². The van der Waals surface area contributed by atoms with E-state index in [-0.39, 0.29) is 10.6 Å². The lowest BCUT2D eigenvalue weighted by atomic mass is 10.2. The van der Waals surface area contributed by atoms with Gasteiger partial charge in [0, 0.05) is 19.2 Å². The summed E-state index contributed by atoms with van der Waals surface area (Å²) in [6.07, 6.45) is 1.55. The van der Waals surface area contributed by atoms with E-state index in [2.05, 4.69) is 9.89 Å². The Morgan fingerprint density at radius 2 is 2.04 bits per heavy atom. The summed E-state index contributed by atoms with van der Waals surface area (Å²) in [5.74, 6) is 0.287. The topological polar surface area (TPSA) is 75.3 Å². The van der Waals surface area contributed by atoms with Crippen LogP contribution in [0.25, 0.3) is 0 Å². The summed E-state index contributed by atoms with van der Waals surface area (Å²) in [7, 11) is 0. The molecule has 0 unspecified atom stereocenters. The largest absolute Gasteiger partial charge is 0.478 e. The first-order valence-electron chi connectivity index (χ1n) is 7.13. The summed E-state index contributed by atoms with van der Waals surface area (Å²) in [4.78, 5) is 17.4. The number of carboxylic acid groups (broad SMARTS) is 1. The number of anilines is 1. The second-order valence-corrected chi connectivity index (χ2v) is 5.41. The molecule has 120 valence electrons. The van der Waals surface area contributed by atoms with Gasteiger partial charge in [0.25, 0.3) is 0 Å². The molecular weight excluding hydrogens is 320 g/mol. The summed E-state index contributed by atoms with van der Waals surface area (Å²) in [5, 5.41) is 9.24. The number of aromatic carboxylic acids is 1. The van der Waals surface area contributed by atoms with Gasteiger partial charge in [0.2, 0.25) is 0 Å². The number of ether oxygens (including phenoxy) is 1. The quantitative estimate of drug-likeness (QED) is 0.869. The van der Waals surface area contributed by atoms with Crippen LogP contribution in [0.15, 0.2) is 39.7 Å². The monoisotopic (exact) mass is 334 g/mol. The number of halogens is 1. The molecular formula is C16H15ClN2O4. The molecule has 1 aliphatic rings. The summed E-state index contributed by atoms with van der Waals surface area (Å²) in [6.45, 7) is 2.96. The predicted molar refractivity (Wildman–Crippen MR) is 87.4 cm³/mol. The Bertz CT molecular complexity index is 735. The van der Waals surface area contributed by atoms with E-state index in [1.807, 2.05) is 12.1 Å². The van der Waals surface area contributed by atoms with Crippen LogP contribution in [0.2, 0.25) is 5.02 Å². The van der Waals surface area contributed by atoms with Crippen molar-refractivity contribution in [2.75, 3.05) is 31.2 Å². The van der Waals surface area contributed by atoms with E-state index in [1.165, 1.54) is 12.1 Å². The molecule has 7 heteroatoms. The average molecular weight is 335 g/mol. The van der Waals surface area contributed by atoms with Crippen molar-refractivity contribution in [2.45, 2.75) is 0 Å². The van der Waals surface area contributed by atoms with Crippen molar-refractivity contribution in [3.05, 3.63) is 46.7 Å². The normalized spacial score (nSPS) is 15.3. The van der Waals surface area contributed by atoms with Crippen molar-refractivity contribution in [1.82, 2.24) is 0 Å². The number of hydrogen-bond acceptors (Lipinski definition) is 5. The lowest BCUT2D eigenvalue weighted by Gasteiger charge is -2.26. The second kappa shape index (κ2) is 6.85. The molecule has 0 amide bonds. The minimum Gasteiger partial charge on any atom is -0.478 e. The Hall–Kier alpha value is -2.31. The van der Waals surface area contributed by atoms with Crippen molar-refractivity contribution >= 4 is 35.4 Å². The molecule has 0 saturated carbocycles. The maximum absolute atomic E-state index is 11.1. The van der Waals surface area contributed by atoms with Crippen LogP contribution < -0.4 is 4.90 Å². The summed E-state index contributed by atoms with van der Waals surface area (Å²) in [6, 6.07) is 8.29. The number of hydrogen-bond donors (Lipinski definition) is 1. The average Bonchev–Trinajstić information content (AvgIpc) is 3.03. The lowest BCUT2D eigenvalue weighted by molar-refractivity contribution is 0.0697. The van der Waals surface area contributed by atoms with Gasteiger partial charge in [0.15, 0.2) is 5.88 Å². The van der Waals surface area contributed by atoms with Crippen molar-refractivity contribution in [3.8, 4) is 0 Å². The van der Waals surface area contributed by atoms with Gasteiger partial charge in [-0.25, -0.2) is 4.79 Å². The molecule has 2 heterocycles. The highest BCUT2D eigenvalue weighted by Gasteiger charge is 2.14. The Balaban J connectivity index is 1.74. The Morgan fingerprint density at radius 3 is 2.78 bits per heavy atom. The van der Waals surface area contributed by atoms with Crippen molar-refractivity contribution in [3.63, 3.8) is 0 Å². The number of benzene rings is 1. The highest BCUT2D eigenvalue weighted by Crippen LogP contribution is 2.23. The molecule has 1 aromatic heterocycles. The Morgan fingerprint density at radius 1 is 1.26 bits per heavy atom. The third-order valence-corrected chi connectivity index (χ3v) is 3.79. The highest BCUT2D eigenvalue weighted by atomic mass is 35.5. The van der Waals surface area contributed by atoms with Crippen LogP contribution in [-0.4, -0.2) is 43.6 Å². The number of aliphatic imine (C=N–C) groups is 1. The zero-order chi connectivity index (χ0) is 16.2. The zero-order valence-corrected chi connectivity index (χ0v) is 13.0. The van der Waals surface area contributed by atoms with Gasteiger partial charge in [-0.15, -0.1) is 0 Å². The predicted octanol–water partition coefficient (Wildman–Crippen LogP) is 3.22. The fourth-order valence-electron chi connectivity index (χ4n) is 2.26. The Kier molecular flexibility index (Phi) is 4.64. The first kappa shape index (κ1) is 15.6. The van der Waals surface area contributed by atoms with E-state index < -0.39 is 5.97 Å². The van der Waals surface area contributed by atoms with E-state index in [0.29, 0.717) is 24.7 Å². The van der Waals surface area contributed by atoms with Crippen LogP contribution in [0, 0.1) is 0 Å². The van der Waals surface area contributed by atoms with Gasteiger partial charge in [-0.05, 0) is 24.3 Å². The number of furan rings is 1. The molecule has 2 aromatic rings. The maximum Gasteiger partial charge on any atom is 0.337 e. The van der Waals surface area contributed by atoms with Crippen LogP contribution in [0.3, 0.4) is 0 Å². The number of rotatable bonds is 4. The van der Waals surface area contributed by atoms with Gasteiger partial charge in [-0.2, -0.15) is 0 Å². The first-order chi connectivity index (χ1) is 11.1. The molecule has 1 N–H and O–H groups in total. The summed E-state index contributed by atoms with van der Waals surface area (Å²) < 4.78 is 11.0. The lowest BCUT2D eigenvalue weighted by Crippen LogP contribution is -2.35. The highest BCUT2D eigenvalue weighted by molar-refractivity contribution is 6.33. The van der Waals surface area contributed by atoms with Crippen molar-refractivity contribution in [2.24, 2.45) is 4.99 Å². The molecule has 1 aromatic carbocycles. The van der Waals surface area contributed by atoms with Gasteiger partial charge < -0.3 is 19.2 Å². The van der Waals surface area contributed by atoms with Gasteiger partial charge in [0.1, 0.15) is 5.76 Å². The van der Waals surface area contributed by atoms with Crippen molar-refractivity contribution in [1.29, 1.82) is 0 Å². The smallest absolute Gasteiger partial charge is 0.337 e. The number of carbonyl (C=O) groups is 1. The van der Waals surface area contributed by atoms with Crippen LogP contribution in [0.4, 0.5) is 11.6 Å². The van der Waals surface area contributed by atoms with Crippen LogP contribution >= 0.6 is 11.6 Å². The summed E-state index contributed by atoms with van der Waals surface area (Å²) >= 11 is 5.83. The molecule has 0 aliphatic carbocycles. The van der Waals surface area contributed by atoms with E-state index >= 15 is 0 Å². The molecule has 0 atom stereocenters. The summed E-state index contributed by atoms with van der Waals surface area (Å²) in [5.41, 5.74) is 0.519. The minimum atomic E-state index is -1.08. The van der Waals surface area contributed by atoms with Gasteiger partial charge >= 0.3 is 5.97 Å². The van der Waals surface area contributed by atoms with E-state index in [1.54, 1.807) is 12.3 Å². The van der Waals surface area contributed by atoms with Crippen LogP contribution in [0.1, 0.15) is 16.1 Å². The molecule has 1 fully saturated rings. The molecule has 0 radical (unpaired) electrons. The number of morpholine rings is 1. The van der Waals surface area contributed by atoms with Gasteiger partial charge in [-0.1, -0.05) is 11.6 Å². The molecule has 1 aliphatic heterocycles. The fraction of sp³-hybridized carbons (Fsp3) is 0.250. The van der Waals surface area contributed by atoms with E-state index in [4.69, 9.17) is 25.9 Å². The van der Waals surface area contributed by atoms with Gasteiger partial charge in [0.05, 0.1) is 35.7 Å². The molecule has 0 bridgehead atoms. The number of carboxylic acids is 1. The molecule has 1 saturated heterocycles. The SMILES string of the molecule is O=C(O)c1cc(N=Cc2ccc(N3CCOCC3)o2)ccc1Cl. The van der Waals surface area contributed by atoms with E-state index in [0.717, 1.165) is 19.0 Å². The maximum atomic E-state index is 11.1. The van der Waals surface area contributed by atoms with E-state index in [9.17, 15) is 4.79 Å². The first-order valence-corrected chi connectivity index (χ1v) is 7.51. The number of nitrogens with zero attached hydrogens (tertiary/aromatic N) is 2. The minimum absolute atomic E-state index is 0.0229. The zero-order valence-electron chi connectivity index (χ0n) is 12.2. The molecule has 6 nitrogen and oxygen atoms in total. The third-order valence-electron chi connectivity index (χ3n) is 3.46. The molecule has 3 rings (SSSR count). The van der Waals surface area contributed by atoms with Crippen LogP contribution in [-0.2, 0) is 4.74 Å². The van der Waals surface area contributed by atoms with Crippen molar-refractivity contribution < 1.29 is 19.1 Å². The fourth-order valence-corrected chi connectivity index (χ4v) is 2.46. The second-order valence-electron chi connectivity index (χ2n) is 5.00. The molecule has 0 spiro atoms. The standard InChI is InChI=1S/C16H15ClN2O4/c17-14-3-1-11(9-13(14)16(20)21)18-10-12-2-4-15(23-12)19-5-7-22-8-6-19/h1-4,9-10H,5-8H2,(H,20,21). The third kappa shape index (κ3) is 3.72.